The SMILES string of the molecule is CCCC(CCC)C(=O)NCCn1nc(C2CC2)n(-c2ccccc2)c1=O. The van der Waals surface area contributed by atoms with Crippen LogP contribution in [-0.4, -0.2) is 26.8 Å². The Kier molecular flexibility index (Phi) is 6.48. The highest BCUT2D eigenvalue weighted by Gasteiger charge is 2.31. The van der Waals surface area contributed by atoms with E-state index in [4.69, 9.17) is 0 Å². The largest absolute Gasteiger partial charge is 0.354 e. The van der Waals surface area contributed by atoms with Crippen LogP contribution in [0.5, 0.6) is 0 Å². The highest BCUT2D eigenvalue weighted by atomic mass is 16.2. The van der Waals surface area contributed by atoms with Crippen LogP contribution >= 0.6 is 0 Å². The Balaban J connectivity index is 1.69. The second kappa shape index (κ2) is 9.02. The second-order valence-electron chi connectivity index (χ2n) is 7.37. The fourth-order valence-corrected chi connectivity index (χ4v) is 3.53. The predicted molar refractivity (Wildman–Crippen MR) is 106 cm³/mol. The minimum absolute atomic E-state index is 0.0700. The lowest BCUT2D eigenvalue weighted by Crippen LogP contribution is -2.35. The maximum absolute atomic E-state index is 12.9. The molecule has 146 valence electrons. The number of nitrogens with zero attached hydrogens (tertiary/aromatic N) is 3. The highest BCUT2D eigenvalue weighted by molar-refractivity contribution is 5.78. The van der Waals surface area contributed by atoms with Gasteiger partial charge in [-0.15, -0.1) is 0 Å². The van der Waals surface area contributed by atoms with E-state index in [1.54, 1.807) is 4.57 Å². The summed E-state index contributed by atoms with van der Waals surface area (Å²) in [7, 11) is 0. The Morgan fingerprint density at radius 1 is 1.19 bits per heavy atom. The average molecular weight is 370 g/mol. The molecule has 0 radical (unpaired) electrons. The number of hydrogen-bond donors (Lipinski definition) is 1. The van der Waals surface area contributed by atoms with Crippen molar-refractivity contribution in [3.05, 3.63) is 46.6 Å². The van der Waals surface area contributed by atoms with Gasteiger partial charge in [0.05, 0.1) is 12.2 Å². The first kappa shape index (κ1) is 19.4. The third-order valence-electron chi connectivity index (χ3n) is 5.09. The van der Waals surface area contributed by atoms with Gasteiger partial charge in [-0.1, -0.05) is 44.9 Å². The molecular weight excluding hydrogens is 340 g/mol. The van der Waals surface area contributed by atoms with Crippen molar-refractivity contribution in [2.75, 3.05) is 6.54 Å². The van der Waals surface area contributed by atoms with Crippen LogP contribution in [0.3, 0.4) is 0 Å². The molecule has 1 aliphatic carbocycles. The van der Waals surface area contributed by atoms with Crippen molar-refractivity contribution in [3.63, 3.8) is 0 Å². The summed E-state index contributed by atoms with van der Waals surface area (Å²) in [5.41, 5.74) is 0.724. The van der Waals surface area contributed by atoms with Gasteiger partial charge < -0.3 is 5.32 Å². The van der Waals surface area contributed by atoms with Gasteiger partial charge in [0.15, 0.2) is 0 Å². The van der Waals surface area contributed by atoms with Crippen molar-refractivity contribution in [1.82, 2.24) is 19.7 Å². The van der Waals surface area contributed by atoms with Crippen molar-refractivity contribution in [2.24, 2.45) is 5.92 Å². The number of carbonyl (C=O) groups excluding carboxylic acids is 1. The van der Waals surface area contributed by atoms with E-state index in [2.05, 4.69) is 24.3 Å². The lowest BCUT2D eigenvalue weighted by Gasteiger charge is -2.15. The zero-order valence-corrected chi connectivity index (χ0v) is 16.4. The summed E-state index contributed by atoms with van der Waals surface area (Å²) >= 11 is 0. The fraction of sp³-hybridized carbons (Fsp3) is 0.571. The molecule has 0 unspecified atom stereocenters. The number of hydrogen-bond acceptors (Lipinski definition) is 3. The molecule has 0 spiro atoms. The van der Waals surface area contributed by atoms with Crippen LogP contribution in [-0.2, 0) is 11.3 Å². The van der Waals surface area contributed by atoms with Gasteiger partial charge in [0, 0.05) is 18.4 Å². The van der Waals surface area contributed by atoms with Crippen molar-refractivity contribution in [1.29, 1.82) is 0 Å². The molecule has 1 aliphatic rings. The number of nitrogens with one attached hydrogen (secondary N) is 1. The maximum Gasteiger partial charge on any atom is 0.350 e. The molecule has 3 rings (SSSR count). The minimum atomic E-state index is -0.129. The van der Waals surface area contributed by atoms with Crippen molar-refractivity contribution < 1.29 is 4.79 Å². The molecule has 1 heterocycles. The molecule has 2 aromatic rings. The molecule has 1 amide bonds. The minimum Gasteiger partial charge on any atom is -0.354 e. The molecule has 0 aliphatic heterocycles. The molecule has 1 fully saturated rings. The van der Waals surface area contributed by atoms with E-state index in [0.717, 1.165) is 50.0 Å². The Hall–Kier alpha value is -2.37. The first-order valence-electron chi connectivity index (χ1n) is 10.2. The first-order chi connectivity index (χ1) is 13.2. The van der Waals surface area contributed by atoms with Gasteiger partial charge in [-0.25, -0.2) is 14.0 Å². The van der Waals surface area contributed by atoms with Crippen LogP contribution in [0.2, 0.25) is 0 Å². The number of rotatable bonds is 10. The average Bonchev–Trinajstić information content (AvgIpc) is 3.47. The lowest BCUT2D eigenvalue weighted by molar-refractivity contribution is -0.125. The van der Waals surface area contributed by atoms with Crippen LogP contribution in [0.1, 0.15) is 64.1 Å². The molecule has 1 saturated carbocycles. The number of benzene rings is 1. The molecule has 1 aromatic carbocycles. The normalized spacial score (nSPS) is 13.9. The molecule has 6 nitrogen and oxygen atoms in total. The van der Waals surface area contributed by atoms with Crippen LogP contribution in [0, 0.1) is 5.92 Å². The van der Waals surface area contributed by atoms with Crippen molar-refractivity contribution in [2.45, 2.75) is 64.8 Å². The Bertz CT molecular complexity index is 799. The van der Waals surface area contributed by atoms with E-state index in [9.17, 15) is 9.59 Å². The molecule has 0 saturated heterocycles. The highest BCUT2D eigenvalue weighted by Crippen LogP contribution is 2.39. The monoisotopic (exact) mass is 370 g/mol. The lowest BCUT2D eigenvalue weighted by atomic mass is 9.97. The Morgan fingerprint density at radius 3 is 2.44 bits per heavy atom. The van der Waals surface area contributed by atoms with E-state index in [0.29, 0.717) is 19.0 Å². The number of carbonyl (C=O) groups is 1. The topological polar surface area (TPSA) is 68.9 Å². The first-order valence-corrected chi connectivity index (χ1v) is 10.2. The van der Waals surface area contributed by atoms with E-state index in [-0.39, 0.29) is 17.5 Å². The van der Waals surface area contributed by atoms with Crippen LogP contribution in [0.15, 0.2) is 35.1 Å². The standard InChI is InChI=1S/C21H30N4O2/c1-3-8-17(9-4-2)20(26)22-14-15-24-21(27)25(18-10-6-5-7-11-18)19(23-24)16-12-13-16/h5-7,10-11,16-17H,3-4,8-9,12-15H2,1-2H3,(H,22,26). The quantitative estimate of drug-likeness (QED) is 0.698. The van der Waals surface area contributed by atoms with E-state index in [1.165, 1.54) is 4.68 Å². The molecule has 6 heteroatoms. The summed E-state index contributed by atoms with van der Waals surface area (Å²) in [5.74, 6) is 1.37. The summed E-state index contributed by atoms with van der Waals surface area (Å²) in [4.78, 5) is 25.3. The molecule has 27 heavy (non-hydrogen) atoms. The van der Waals surface area contributed by atoms with E-state index >= 15 is 0 Å². The summed E-state index contributed by atoms with van der Waals surface area (Å²) < 4.78 is 3.21. The zero-order valence-electron chi connectivity index (χ0n) is 16.4. The van der Waals surface area contributed by atoms with Gasteiger partial charge in [0.2, 0.25) is 5.91 Å². The summed E-state index contributed by atoms with van der Waals surface area (Å²) in [6, 6.07) is 9.66. The third-order valence-corrected chi connectivity index (χ3v) is 5.09. The van der Waals surface area contributed by atoms with Gasteiger partial charge in [0.1, 0.15) is 5.82 Å². The van der Waals surface area contributed by atoms with E-state index in [1.807, 2.05) is 30.3 Å². The second-order valence-corrected chi connectivity index (χ2v) is 7.37. The van der Waals surface area contributed by atoms with Gasteiger partial charge >= 0.3 is 5.69 Å². The van der Waals surface area contributed by atoms with Crippen LogP contribution < -0.4 is 11.0 Å². The Labute approximate surface area is 160 Å². The summed E-state index contributed by atoms with van der Waals surface area (Å²) in [6.07, 6.45) is 5.99. The number of para-hydroxylation sites is 1. The number of aromatic nitrogens is 3. The van der Waals surface area contributed by atoms with Crippen molar-refractivity contribution in [3.8, 4) is 5.69 Å². The van der Waals surface area contributed by atoms with Gasteiger partial charge in [-0.3, -0.25) is 4.79 Å². The fourth-order valence-electron chi connectivity index (χ4n) is 3.53. The molecular formula is C21H30N4O2. The molecule has 1 aromatic heterocycles. The van der Waals surface area contributed by atoms with Crippen LogP contribution in [0.4, 0.5) is 0 Å². The number of amides is 1. The van der Waals surface area contributed by atoms with E-state index < -0.39 is 0 Å². The van der Waals surface area contributed by atoms with Gasteiger partial charge in [-0.2, -0.15) is 5.10 Å². The molecule has 0 atom stereocenters. The maximum atomic E-state index is 12.9. The summed E-state index contributed by atoms with van der Waals surface area (Å²) in [6.45, 7) is 5.03. The molecule has 0 bridgehead atoms. The summed E-state index contributed by atoms with van der Waals surface area (Å²) in [5, 5.41) is 7.57. The zero-order chi connectivity index (χ0) is 19.2. The van der Waals surface area contributed by atoms with Crippen LogP contribution in [0.25, 0.3) is 5.69 Å². The third kappa shape index (κ3) is 4.67. The molecule has 1 N–H and O–H groups in total. The van der Waals surface area contributed by atoms with Gasteiger partial charge in [0.25, 0.3) is 0 Å². The smallest absolute Gasteiger partial charge is 0.350 e. The predicted octanol–water partition coefficient (Wildman–Crippen LogP) is 3.24. The Morgan fingerprint density at radius 2 is 1.85 bits per heavy atom. The van der Waals surface area contributed by atoms with Gasteiger partial charge in [-0.05, 0) is 37.8 Å². The van der Waals surface area contributed by atoms with Crippen molar-refractivity contribution >= 4 is 5.91 Å².